The van der Waals surface area contributed by atoms with Crippen molar-refractivity contribution < 1.29 is 9.53 Å². The number of para-hydroxylation sites is 1. The van der Waals surface area contributed by atoms with Gasteiger partial charge in [-0.1, -0.05) is 18.2 Å². The molecular formula is C14H16N2O2. The number of ether oxygens (including phenoxy) is 1. The van der Waals surface area contributed by atoms with E-state index in [1.807, 2.05) is 38.1 Å². The number of carbonyl (C=O) groups is 1. The highest BCUT2D eigenvalue weighted by Gasteiger charge is 2.14. The molecule has 4 heteroatoms. The first-order chi connectivity index (χ1) is 8.63. The first-order valence-electron chi connectivity index (χ1n) is 5.93. The fourth-order valence-corrected chi connectivity index (χ4v) is 1.82. The summed E-state index contributed by atoms with van der Waals surface area (Å²) in [4.78, 5) is 11.6. The van der Waals surface area contributed by atoms with Gasteiger partial charge in [0.2, 0.25) is 0 Å². The van der Waals surface area contributed by atoms with Crippen LogP contribution in [0.3, 0.4) is 0 Å². The highest BCUT2D eigenvalue weighted by Crippen LogP contribution is 2.16. The number of carbonyl (C=O) groups excluding carboxylic acids is 1. The predicted octanol–water partition coefficient (Wildman–Crippen LogP) is 2.67. The zero-order valence-electron chi connectivity index (χ0n) is 10.8. The molecule has 0 aliphatic carbocycles. The second kappa shape index (κ2) is 5.04. The fourth-order valence-electron chi connectivity index (χ4n) is 1.82. The summed E-state index contributed by atoms with van der Waals surface area (Å²) in [6.07, 6.45) is 0. The molecule has 2 aromatic rings. The Morgan fingerprint density at radius 1 is 1.33 bits per heavy atom. The van der Waals surface area contributed by atoms with E-state index in [1.165, 1.54) is 0 Å². The van der Waals surface area contributed by atoms with Crippen LogP contribution in [-0.2, 0) is 4.74 Å². The Labute approximate surface area is 106 Å². The Balaban J connectivity index is 2.42. The molecule has 1 heterocycles. The number of rotatable bonds is 3. The van der Waals surface area contributed by atoms with Crippen molar-refractivity contribution in [2.75, 3.05) is 6.61 Å². The second-order valence-corrected chi connectivity index (χ2v) is 4.09. The molecule has 0 N–H and O–H groups in total. The summed E-state index contributed by atoms with van der Waals surface area (Å²) in [6, 6.07) is 9.66. The van der Waals surface area contributed by atoms with Crippen molar-refractivity contribution in [3.8, 4) is 5.69 Å². The van der Waals surface area contributed by atoms with E-state index in [0.29, 0.717) is 12.3 Å². The van der Waals surface area contributed by atoms with Gasteiger partial charge in [-0.3, -0.25) is 0 Å². The second-order valence-electron chi connectivity index (χ2n) is 4.09. The number of hydrogen-bond acceptors (Lipinski definition) is 3. The summed E-state index contributed by atoms with van der Waals surface area (Å²) in [6.45, 7) is 6.07. The lowest BCUT2D eigenvalue weighted by molar-refractivity contribution is 0.0519. The Bertz CT molecular complexity index is 573. The first kappa shape index (κ1) is 12.4. The van der Waals surface area contributed by atoms with Crippen molar-refractivity contribution in [2.45, 2.75) is 20.8 Å². The summed E-state index contributed by atoms with van der Waals surface area (Å²) < 4.78 is 6.71. The third-order valence-electron chi connectivity index (χ3n) is 2.72. The van der Waals surface area contributed by atoms with Gasteiger partial charge in [-0.05, 0) is 38.5 Å². The highest BCUT2D eigenvalue weighted by atomic mass is 16.5. The van der Waals surface area contributed by atoms with Crippen LogP contribution in [0.25, 0.3) is 5.69 Å². The van der Waals surface area contributed by atoms with Gasteiger partial charge >= 0.3 is 5.97 Å². The van der Waals surface area contributed by atoms with Gasteiger partial charge in [-0.15, -0.1) is 0 Å². The fraction of sp³-hybridized carbons (Fsp3) is 0.286. The van der Waals surface area contributed by atoms with E-state index >= 15 is 0 Å². The number of benzene rings is 1. The van der Waals surface area contributed by atoms with Crippen LogP contribution in [0, 0.1) is 13.8 Å². The lowest BCUT2D eigenvalue weighted by Crippen LogP contribution is -2.07. The molecule has 0 saturated carbocycles. The Hall–Kier alpha value is -2.10. The Morgan fingerprint density at radius 3 is 2.72 bits per heavy atom. The number of nitrogens with zero attached hydrogens (tertiary/aromatic N) is 2. The number of aryl methyl sites for hydroxylation is 2. The van der Waals surface area contributed by atoms with E-state index in [4.69, 9.17) is 4.74 Å². The van der Waals surface area contributed by atoms with E-state index < -0.39 is 0 Å². The van der Waals surface area contributed by atoms with E-state index in [-0.39, 0.29) is 5.97 Å². The molecule has 0 amide bonds. The molecule has 18 heavy (non-hydrogen) atoms. The minimum Gasteiger partial charge on any atom is -0.461 e. The van der Waals surface area contributed by atoms with Gasteiger partial charge in [0, 0.05) is 5.69 Å². The van der Waals surface area contributed by atoms with Crippen LogP contribution in [0.2, 0.25) is 0 Å². The normalized spacial score (nSPS) is 10.4. The van der Waals surface area contributed by atoms with Crippen LogP contribution in [0.15, 0.2) is 30.3 Å². The molecule has 1 aromatic heterocycles. The monoisotopic (exact) mass is 244 g/mol. The van der Waals surface area contributed by atoms with Crippen LogP contribution < -0.4 is 0 Å². The minimum absolute atomic E-state index is 0.345. The predicted molar refractivity (Wildman–Crippen MR) is 69.0 cm³/mol. The van der Waals surface area contributed by atoms with Crippen molar-refractivity contribution in [1.29, 1.82) is 0 Å². The van der Waals surface area contributed by atoms with Gasteiger partial charge in [0.25, 0.3) is 0 Å². The lowest BCUT2D eigenvalue weighted by atomic mass is 10.2. The average molecular weight is 244 g/mol. The Kier molecular flexibility index (Phi) is 3.46. The SMILES string of the molecule is CCOC(=O)c1cc(C)n(-c2ccccc2C)n1. The van der Waals surface area contributed by atoms with Crippen LogP contribution in [-0.4, -0.2) is 22.4 Å². The average Bonchev–Trinajstić information content (AvgIpc) is 2.72. The Morgan fingerprint density at radius 2 is 2.06 bits per heavy atom. The smallest absolute Gasteiger partial charge is 0.358 e. The highest BCUT2D eigenvalue weighted by molar-refractivity contribution is 5.87. The maximum atomic E-state index is 11.6. The molecule has 0 aliphatic heterocycles. The van der Waals surface area contributed by atoms with Crippen molar-refractivity contribution in [3.63, 3.8) is 0 Å². The third-order valence-corrected chi connectivity index (χ3v) is 2.72. The topological polar surface area (TPSA) is 44.1 Å². The number of hydrogen-bond donors (Lipinski definition) is 0. The lowest BCUT2D eigenvalue weighted by Gasteiger charge is -2.07. The first-order valence-corrected chi connectivity index (χ1v) is 5.93. The van der Waals surface area contributed by atoms with Gasteiger partial charge < -0.3 is 4.74 Å². The molecule has 0 saturated heterocycles. The summed E-state index contributed by atoms with van der Waals surface area (Å²) in [5.74, 6) is -0.382. The standard InChI is InChI=1S/C14H16N2O2/c1-4-18-14(17)12-9-11(3)16(15-12)13-8-6-5-7-10(13)2/h5-9H,4H2,1-3H3. The zero-order valence-corrected chi connectivity index (χ0v) is 10.8. The van der Waals surface area contributed by atoms with Gasteiger partial charge in [0.05, 0.1) is 12.3 Å². The van der Waals surface area contributed by atoms with Crippen LogP contribution in [0.5, 0.6) is 0 Å². The maximum absolute atomic E-state index is 11.6. The molecule has 4 nitrogen and oxygen atoms in total. The molecule has 0 radical (unpaired) electrons. The molecule has 0 fully saturated rings. The molecule has 0 spiro atoms. The summed E-state index contributed by atoms with van der Waals surface area (Å²) in [5, 5.41) is 4.30. The van der Waals surface area contributed by atoms with E-state index in [9.17, 15) is 4.79 Å². The molecule has 0 aliphatic rings. The van der Waals surface area contributed by atoms with Crippen molar-refractivity contribution in [3.05, 3.63) is 47.3 Å². The summed E-state index contributed by atoms with van der Waals surface area (Å²) in [7, 11) is 0. The van der Waals surface area contributed by atoms with Crippen molar-refractivity contribution in [1.82, 2.24) is 9.78 Å². The van der Waals surface area contributed by atoms with E-state index in [0.717, 1.165) is 16.9 Å². The number of esters is 1. The third kappa shape index (κ3) is 2.27. The van der Waals surface area contributed by atoms with Gasteiger partial charge in [0.15, 0.2) is 5.69 Å². The number of aromatic nitrogens is 2. The largest absolute Gasteiger partial charge is 0.461 e. The molecule has 94 valence electrons. The molecular weight excluding hydrogens is 228 g/mol. The minimum atomic E-state index is -0.382. The van der Waals surface area contributed by atoms with Gasteiger partial charge in [-0.25, -0.2) is 9.48 Å². The molecule has 0 unspecified atom stereocenters. The van der Waals surface area contributed by atoms with E-state index in [1.54, 1.807) is 17.7 Å². The van der Waals surface area contributed by atoms with Gasteiger partial charge in [-0.2, -0.15) is 5.10 Å². The quantitative estimate of drug-likeness (QED) is 0.780. The summed E-state index contributed by atoms with van der Waals surface area (Å²) in [5.41, 5.74) is 3.34. The van der Waals surface area contributed by atoms with Crippen LogP contribution >= 0.6 is 0 Å². The molecule has 0 atom stereocenters. The molecule has 0 bridgehead atoms. The zero-order chi connectivity index (χ0) is 13.1. The summed E-state index contributed by atoms with van der Waals surface area (Å²) >= 11 is 0. The van der Waals surface area contributed by atoms with E-state index in [2.05, 4.69) is 5.10 Å². The van der Waals surface area contributed by atoms with Crippen LogP contribution in [0.1, 0.15) is 28.7 Å². The van der Waals surface area contributed by atoms with Crippen molar-refractivity contribution >= 4 is 5.97 Å². The van der Waals surface area contributed by atoms with Crippen LogP contribution in [0.4, 0.5) is 0 Å². The molecule has 2 rings (SSSR count). The maximum Gasteiger partial charge on any atom is 0.358 e. The van der Waals surface area contributed by atoms with Gasteiger partial charge in [0.1, 0.15) is 0 Å². The van der Waals surface area contributed by atoms with Crippen molar-refractivity contribution in [2.24, 2.45) is 0 Å². The molecule has 1 aromatic carbocycles.